The van der Waals surface area contributed by atoms with Gasteiger partial charge in [0, 0.05) is 28.3 Å². The summed E-state index contributed by atoms with van der Waals surface area (Å²) in [5.74, 6) is 2.67. The predicted molar refractivity (Wildman–Crippen MR) is 82.7 cm³/mol. The molecule has 0 aromatic carbocycles. The van der Waals surface area contributed by atoms with Crippen molar-refractivity contribution in [3.8, 4) is 0 Å². The molecular weight excluding hydrogens is 272 g/mol. The lowest BCUT2D eigenvalue weighted by Crippen LogP contribution is -2.49. The largest absolute Gasteiger partial charge is 0.322 e. The summed E-state index contributed by atoms with van der Waals surface area (Å²) in [5.41, 5.74) is 0. The monoisotopic (exact) mass is 300 g/mol. The minimum absolute atomic E-state index is 0.0326. The van der Waals surface area contributed by atoms with Crippen LogP contribution in [0.2, 0.25) is 0 Å². The second-order valence-electron chi connectivity index (χ2n) is 6.86. The first-order valence-electron chi connectivity index (χ1n) is 7.83. The fraction of sp³-hybridized carbons (Fsp3) is 0.933. The lowest BCUT2D eigenvalue weighted by atomic mass is 10.0. The number of carbonyl (C=O) groups excluding carboxylic acids is 1. The first-order valence-corrected chi connectivity index (χ1v) is 9.32. The van der Waals surface area contributed by atoms with E-state index in [-0.39, 0.29) is 24.2 Å². The van der Waals surface area contributed by atoms with Crippen LogP contribution in [-0.2, 0) is 15.6 Å². The molecule has 0 saturated carbocycles. The molecule has 2 aliphatic heterocycles. The third-order valence-corrected chi connectivity index (χ3v) is 5.70. The number of hydrogen-bond donors (Lipinski definition) is 1. The minimum Gasteiger partial charge on any atom is -0.322 e. The maximum Gasteiger partial charge on any atom is 0.241 e. The first-order chi connectivity index (χ1) is 9.40. The van der Waals surface area contributed by atoms with Gasteiger partial charge in [-0.1, -0.05) is 27.7 Å². The standard InChI is InChI=1S/C15H28N2O2S/c1-10(2)9-13-15(18)17(14(16-13)11(3)4)12-5-7-20(19)8-6-12/h10-14,16H,5-9H2,1-4H3. The Balaban J connectivity index is 2.11. The zero-order valence-electron chi connectivity index (χ0n) is 13.1. The number of hydrogen-bond acceptors (Lipinski definition) is 3. The molecule has 0 bridgehead atoms. The van der Waals surface area contributed by atoms with E-state index in [4.69, 9.17) is 0 Å². The van der Waals surface area contributed by atoms with Crippen molar-refractivity contribution in [2.24, 2.45) is 11.8 Å². The van der Waals surface area contributed by atoms with E-state index < -0.39 is 10.8 Å². The van der Waals surface area contributed by atoms with Gasteiger partial charge >= 0.3 is 0 Å². The summed E-state index contributed by atoms with van der Waals surface area (Å²) in [6.07, 6.45) is 2.81. The van der Waals surface area contributed by atoms with E-state index in [0.717, 1.165) is 30.8 Å². The fourth-order valence-corrected chi connectivity index (χ4v) is 4.57. The van der Waals surface area contributed by atoms with Crippen molar-refractivity contribution in [2.75, 3.05) is 11.5 Å². The molecule has 2 rings (SSSR count). The van der Waals surface area contributed by atoms with Crippen LogP contribution in [0.1, 0.15) is 47.0 Å². The van der Waals surface area contributed by atoms with E-state index in [2.05, 4.69) is 37.9 Å². The summed E-state index contributed by atoms with van der Waals surface area (Å²) in [4.78, 5) is 14.8. The Morgan fingerprint density at radius 3 is 2.35 bits per heavy atom. The van der Waals surface area contributed by atoms with Crippen LogP contribution in [0.3, 0.4) is 0 Å². The van der Waals surface area contributed by atoms with Gasteiger partial charge in [-0.3, -0.25) is 14.3 Å². The van der Waals surface area contributed by atoms with E-state index in [1.807, 2.05) is 0 Å². The predicted octanol–water partition coefficient (Wildman–Crippen LogP) is 1.73. The van der Waals surface area contributed by atoms with E-state index in [0.29, 0.717) is 11.8 Å². The normalized spacial score (nSPS) is 35.3. The highest BCUT2D eigenvalue weighted by Crippen LogP contribution is 2.28. The van der Waals surface area contributed by atoms with Crippen molar-refractivity contribution in [3.63, 3.8) is 0 Å². The van der Waals surface area contributed by atoms with Gasteiger partial charge in [0.25, 0.3) is 0 Å². The van der Waals surface area contributed by atoms with Crippen molar-refractivity contribution in [1.29, 1.82) is 0 Å². The van der Waals surface area contributed by atoms with Crippen molar-refractivity contribution in [2.45, 2.75) is 65.2 Å². The molecule has 5 heteroatoms. The fourth-order valence-electron chi connectivity index (χ4n) is 3.30. The number of nitrogens with one attached hydrogen (secondary N) is 1. The van der Waals surface area contributed by atoms with Crippen molar-refractivity contribution < 1.29 is 9.00 Å². The third kappa shape index (κ3) is 3.42. The Labute approximate surface area is 125 Å². The van der Waals surface area contributed by atoms with E-state index in [9.17, 15) is 9.00 Å². The molecule has 2 fully saturated rings. The molecule has 2 unspecified atom stereocenters. The zero-order valence-corrected chi connectivity index (χ0v) is 13.9. The van der Waals surface area contributed by atoms with Gasteiger partial charge in [0.1, 0.15) is 0 Å². The summed E-state index contributed by atoms with van der Waals surface area (Å²) in [6.45, 7) is 8.64. The Kier molecular flexibility index (Phi) is 5.24. The van der Waals surface area contributed by atoms with Crippen LogP contribution in [0.5, 0.6) is 0 Å². The molecule has 1 N–H and O–H groups in total. The average molecular weight is 300 g/mol. The number of nitrogens with zero attached hydrogens (tertiary/aromatic N) is 1. The summed E-state index contributed by atoms with van der Waals surface area (Å²) in [6, 6.07) is 0.243. The van der Waals surface area contributed by atoms with E-state index in [1.165, 1.54) is 0 Å². The van der Waals surface area contributed by atoms with Crippen LogP contribution >= 0.6 is 0 Å². The van der Waals surface area contributed by atoms with Crippen LogP contribution in [0.15, 0.2) is 0 Å². The summed E-state index contributed by atoms with van der Waals surface area (Å²) in [5, 5.41) is 3.53. The Hall–Kier alpha value is -0.420. The molecule has 0 aromatic rings. The molecular formula is C15H28N2O2S. The Bertz CT molecular complexity index is 374. The van der Waals surface area contributed by atoms with Crippen molar-refractivity contribution in [1.82, 2.24) is 10.2 Å². The molecule has 1 amide bonds. The van der Waals surface area contributed by atoms with E-state index >= 15 is 0 Å². The lowest BCUT2D eigenvalue weighted by molar-refractivity contribution is -0.133. The van der Waals surface area contributed by atoms with Gasteiger partial charge < -0.3 is 4.90 Å². The summed E-state index contributed by atoms with van der Waals surface area (Å²) < 4.78 is 11.5. The van der Waals surface area contributed by atoms with Gasteiger partial charge in [-0.15, -0.1) is 0 Å². The topological polar surface area (TPSA) is 49.4 Å². The highest BCUT2D eigenvalue weighted by atomic mass is 32.2. The Morgan fingerprint density at radius 2 is 1.85 bits per heavy atom. The lowest BCUT2D eigenvalue weighted by Gasteiger charge is -2.36. The SMILES string of the molecule is CC(C)CC1NC(C(C)C)N(C2CCS(=O)CC2)C1=O. The summed E-state index contributed by atoms with van der Waals surface area (Å²) >= 11 is 0. The third-order valence-electron chi connectivity index (χ3n) is 4.31. The quantitative estimate of drug-likeness (QED) is 0.860. The van der Waals surface area contributed by atoms with Crippen LogP contribution in [0.4, 0.5) is 0 Å². The molecule has 4 nitrogen and oxygen atoms in total. The van der Waals surface area contributed by atoms with E-state index in [1.54, 1.807) is 0 Å². The molecule has 2 atom stereocenters. The molecule has 20 heavy (non-hydrogen) atoms. The maximum atomic E-state index is 12.7. The van der Waals surface area contributed by atoms with Gasteiger partial charge in [0.2, 0.25) is 5.91 Å². The highest BCUT2D eigenvalue weighted by molar-refractivity contribution is 7.85. The minimum atomic E-state index is -0.670. The molecule has 0 spiro atoms. The van der Waals surface area contributed by atoms with Gasteiger partial charge in [0.15, 0.2) is 0 Å². The molecule has 0 radical (unpaired) electrons. The number of carbonyl (C=O) groups is 1. The average Bonchev–Trinajstić information content (AvgIpc) is 2.68. The molecule has 0 aromatic heterocycles. The van der Waals surface area contributed by atoms with Gasteiger partial charge in [0.05, 0.1) is 12.2 Å². The Morgan fingerprint density at radius 1 is 1.25 bits per heavy atom. The van der Waals surface area contributed by atoms with Crippen molar-refractivity contribution in [3.05, 3.63) is 0 Å². The molecule has 2 saturated heterocycles. The maximum absolute atomic E-state index is 12.7. The molecule has 116 valence electrons. The second-order valence-corrected chi connectivity index (χ2v) is 8.56. The second kappa shape index (κ2) is 6.56. The molecule has 2 heterocycles. The van der Waals surface area contributed by atoms with Gasteiger partial charge in [-0.05, 0) is 31.1 Å². The van der Waals surface area contributed by atoms with Crippen LogP contribution in [-0.4, -0.2) is 44.8 Å². The number of amides is 1. The summed E-state index contributed by atoms with van der Waals surface area (Å²) in [7, 11) is -0.670. The highest BCUT2D eigenvalue weighted by Gasteiger charge is 2.44. The smallest absolute Gasteiger partial charge is 0.241 e. The van der Waals surface area contributed by atoms with Crippen molar-refractivity contribution >= 4 is 16.7 Å². The first kappa shape index (κ1) is 16.0. The molecule has 0 aliphatic carbocycles. The zero-order chi connectivity index (χ0) is 14.9. The van der Waals surface area contributed by atoms with Gasteiger partial charge in [-0.2, -0.15) is 0 Å². The molecule has 2 aliphatic rings. The number of rotatable bonds is 4. The van der Waals surface area contributed by atoms with Crippen LogP contribution < -0.4 is 5.32 Å². The van der Waals surface area contributed by atoms with Crippen LogP contribution in [0.25, 0.3) is 0 Å². The van der Waals surface area contributed by atoms with Crippen LogP contribution in [0, 0.1) is 11.8 Å². The van der Waals surface area contributed by atoms with Gasteiger partial charge in [-0.25, -0.2) is 0 Å².